The first-order valence-corrected chi connectivity index (χ1v) is 7.10. The van der Waals surface area contributed by atoms with E-state index in [1.54, 1.807) is 14.0 Å². The van der Waals surface area contributed by atoms with Crippen molar-refractivity contribution >= 4 is 11.5 Å². The summed E-state index contributed by atoms with van der Waals surface area (Å²) in [6, 6.07) is 5.86. The zero-order valence-electron chi connectivity index (χ0n) is 12.1. The number of benzene rings is 1. The van der Waals surface area contributed by atoms with Gasteiger partial charge in [-0.1, -0.05) is 19.4 Å². The van der Waals surface area contributed by atoms with Crippen LogP contribution in [-0.4, -0.2) is 26.0 Å². The first-order valence-electron chi connectivity index (χ1n) is 7.10. The van der Waals surface area contributed by atoms with Gasteiger partial charge in [0.05, 0.1) is 18.4 Å². The van der Waals surface area contributed by atoms with Gasteiger partial charge >= 0.3 is 0 Å². The van der Waals surface area contributed by atoms with Crippen LogP contribution in [0.5, 0.6) is 5.75 Å². The lowest BCUT2D eigenvalue weighted by Gasteiger charge is -2.22. The fraction of sp³-hybridized carbons (Fsp3) is 0.562. The van der Waals surface area contributed by atoms with Gasteiger partial charge < -0.3 is 9.64 Å². The minimum Gasteiger partial charge on any atom is -0.496 e. The van der Waals surface area contributed by atoms with Crippen molar-refractivity contribution in [3.8, 4) is 5.75 Å². The van der Waals surface area contributed by atoms with E-state index in [9.17, 15) is 4.79 Å². The van der Waals surface area contributed by atoms with Crippen molar-refractivity contribution in [1.29, 1.82) is 0 Å². The molecule has 104 valence electrons. The van der Waals surface area contributed by atoms with Crippen LogP contribution in [0.25, 0.3) is 0 Å². The SMILES string of the molecule is CCCC1CCN(c2cccc(OC)c2C(C)=O)C1. The number of ether oxygens (including phenoxy) is 1. The van der Waals surface area contributed by atoms with Gasteiger partial charge in [0.25, 0.3) is 0 Å². The molecule has 0 aliphatic carbocycles. The average molecular weight is 261 g/mol. The number of hydrogen-bond donors (Lipinski definition) is 0. The Morgan fingerprint density at radius 2 is 2.26 bits per heavy atom. The van der Waals surface area contributed by atoms with Crippen molar-refractivity contribution in [3.05, 3.63) is 23.8 Å². The molecule has 0 radical (unpaired) electrons. The molecule has 1 atom stereocenters. The van der Waals surface area contributed by atoms with Gasteiger partial charge in [-0.3, -0.25) is 4.79 Å². The monoisotopic (exact) mass is 261 g/mol. The van der Waals surface area contributed by atoms with E-state index in [1.807, 2.05) is 18.2 Å². The van der Waals surface area contributed by atoms with Gasteiger partial charge in [-0.05, 0) is 37.8 Å². The fourth-order valence-corrected chi connectivity index (χ4v) is 3.00. The lowest BCUT2D eigenvalue weighted by atomic mass is 10.0. The molecule has 2 rings (SSSR count). The molecule has 1 unspecified atom stereocenters. The lowest BCUT2D eigenvalue weighted by molar-refractivity contribution is 0.101. The number of rotatable bonds is 5. The Kier molecular flexibility index (Phi) is 4.46. The summed E-state index contributed by atoms with van der Waals surface area (Å²) in [6.45, 7) is 5.94. The van der Waals surface area contributed by atoms with Crippen molar-refractivity contribution in [2.24, 2.45) is 5.92 Å². The third-order valence-corrected chi connectivity index (χ3v) is 3.90. The van der Waals surface area contributed by atoms with E-state index in [2.05, 4.69) is 11.8 Å². The van der Waals surface area contributed by atoms with Crippen LogP contribution in [0.3, 0.4) is 0 Å². The maximum Gasteiger partial charge on any atom is 0.165 e. The van der Waals surface area contributed by atoms with Crippen molar-refractivity contribution in [2.75, 3.05) is 25.1 Å². The van der Waals surface area contributed by atoms with E-state index >= 15 is 0 Å². The summed E-state index contributed by atoms with van der Waals surface area (Å²) in [5, 5.41) is 0. The molecular formula is C16H23NO2. The predicted molar refractivity (Wildman–Crippen MR) is 78.2 cm³/mol. The topological polar surface area (TPSA) is 29.5 Å². The summed E-state index contributed by atoms with van der Waals surface area (Å²) in [7, 11) is 1.62. The predicted octanol–water partition coefficient (Wildman–Crippen LogP) is 3.52. The van der Waals surface area contributed by atoms with E-state index < -0.39 is 0 Å². The molecule has 0 N–H and O–H groups in total. The number of methoxy groups -OCH3 is 1. The van der Waals surface area contributed by atoms with Crippen LogP contribution in [0.2, 0.25) is 0 Å². The molecule has 0 amide bonds. The summed E-state index contributed by atoms with van der Waals surface area (Å²) in [4.78, 5) is 14.2. The van der Waals surface area contributed by atoms with Crippen LogP contribution in [0.15, 0.2) is 18.2 Å². The molecular weight excluding hydrogens is 238 g/mol. The van der Waals surface area contributed by atoms with Crippen LogP contribution in [0.1, 0.15) is 43.5 Å². The number of carbonyl (C=O) groups is 1. The standard InChI is InChI=1S/C16H23NO2/c1-4-6-13-9-10-17(11-13)14-7-5-8-15(19-3)16(14)12(2)18/h5,7-8,13H,4,6,9-11H2,1-3H3. The minimum atomic E-state index is 0.0754. The molecule has 0 saturated carbocycles. The zero-order valence-corrected chi connectivity index (χ0v) is 12.1. The van der Waals surface area contributed by atoms with Crippen molar-refractivity contribution in [1.82, 2.24) is 0 Å². The van der Waals surface area contributed by atoms with E-state index in [0.29, 0.717) is 5.75 Å². The molecule has 3 nitrogen and oxygen atoms in total. The summed E-state index contributed by atoms with van der Waals surface area (Å²) in [5.74, 6) is 1.52. The molecule has 1 heterocycles. The zero-order chi connectivity index (χ0) is 13.8. The van der Waals surface area contributed by atoms with E-state index in [0.717, 1.165) is 30.3 Å². The number of Topliss-reactive ketones (excluding diaryl/α,β-unsaturated/α-hetero) is 1. The van der Waals surface area contributed by atoms with E-state index in [-0.39, 0.29) is 5.78 Å². The minimum absolute atomic E-state index is 0.0754. The molecule has 3 heteroatoms. The highest BCUT2D eigenvalue weighted by molar-refractivity contribution is 6.02. The summed E-state index contributed by atoms with van der Waals surface area (Å²) >= 11 is 0. The number of ketones is 1. The molecule has 1 aliphatic heterocycles. The number of hydrogen-bond acceptors (Lipinski definition) is 3. The van der Waals surface area contributed by atoms with Crippen LogP contribution in [0, 0.1) is 5.92 Å². The van der Waals surface area contributed by atoms with Crippen LogP contribution < -0.4 is 9.64 Å². The Bertz CT molecular complexity index is 456. The maximum absolute atomic E-state index is 11.9. The van der Waals surface area contributed by atoms with Gasteiger partial charge in [-0.2, -0.15) is 0 Å². The largest absolute Gasteiger partial charge is 0.496 e. The van der Waals surface area contributed by atoms with Crippen molar-refractivity contribution < 1.29 is 9.53 Å². The Balaban J connectivity index is 2.28. The van der Waals surface area contributed by atoms with Gasteiger partial charge in [0, 0.05) is 13.1 Å². The third kappa shape index (κ3) is 2.91. The summed E-state index contributed by atoms with van der Waals surface area (Å²) in [5.41, 5.74) is 1.76. The normalized spacial score (nSPS) is 18.7. The Labute approximate surface area is 115 Å². The molecule has 1 aliphatic rings. The Morgan fingerprint density at radius 3 is 2.89 bits per heavy atom. The molecule has 0 bridgehead atoms. The second kappa shape index (κ2) is 6.09. The van der Waals surface area contributed by atoms with Crippen molar-refractivity contribution in [3.63, 3.8) is 0 Å². The quantitative estimate of drug-likeness (QED) is 0.759. The second-order valence-corrected chi connectivity index (χ2v) is 5.30. The number of nitrogens with zero attached hydrogens (tertiary/aromatic N) is 1. The number of anilines is 1. The summed E-state index contributed by atoms with van der Waals surface area (Å²) < 4.78 is 5.33. The molecule has 1 fully saturated rings. The molecule has 1 aromatic carbocycles. The fourth-order valence-electron chi connectivity index (χ4n) is 3.00. The lowest BCUT2D eigenvalue weighted by Crippen LogP contribution is -2.22. The maximum atomic E-state index is 11.9. The van der Waals surface area contributed by atoms with Gasteiger partial charge in [-0.15, -0.1) is 0 Å². The highest BCUT2D eigenvalue weighted by atomic mass is 16.5. The van der Waals surface area contributed by atoms with Gasteiger partial charge in [-0.25, -0.2) is 0 Å². The third-order valence-electron chi connectivity index (χ3n) is 3.90. The van der Waals surface area contributed by atoms with Crippen LogP contribution in [-0.2, 0) is 0 Å². The highest BCUT2D eigenvalue weighted by Crippen LogP contribution is 2.33. The smallest absolute Gasteiger partial charge is 0.165 e. The van der Waals surface area contributed by atoms with Gasteiger partial charge in [0.15, 0.2) is 5.78 Å². The first-order chi connectivity index (χ1) is 9.17. The average Bonchev–Trinajstić information content (AvgIpc) is 2.86. The van der Waals surface area contributed by atoms with E-state index in [4.69, 9.17) is 4.74 Å². The molecule has 0 aromatic heterocycles. The van der Waals surface area contributed by atoms with Crippen LogP contribution in [0.4, 0.5) is 5.69 Å². The Hall–Kier alpha value is -1.51. The van der Waals surface area contributed by atoms with Gasteiger partial charge in [0.1, 0.15) is 5.75 Å². The molecule has 1 saturated heterocycles. The summed E-state index contributed by atoms with van der Waals surface area (Å²) in [6.07, 6.45) is 3.73. The number of carbonyl (C=O) groups excluding carboxylic acids is 1. The molecule has 19 heavy (non-hydrogen) atoms. The first kappa shape index (κ1) is 13.9. The van der Waals surface area contributed by atoms with Gasteiger partial charge in [0.2, 0.25) is 0 Å². The Morgan fingerprint density at radius 1 is 1.47 bits per heavy atom. The second-order valence-electron chi connectivity index (χ2n) is 5.30. The van der Waals surface area contributed by atoms with Crippen molar-refractivity contribution in [2.45, 2.75) is 33.1 Å². The van der Waals surface area contributed by atoms with Crippen LogP contribution >= 0.6 is 0 Å². The molecule has 0 spiro atoms. The van der Waals surface area contributed by atoms with E-state index in [1.165, 1.54) is 19.3 Å². The molecule has 1 aromatic rings. The highest BCUT2D eigenvalue weighted by Gasteiger charge is 2.25.